The monoisotopic (exact) mass is 262 g/mol. The Bertz CT molecular complexity index is 709. The number of hydrogen-bond acceptors (Lipinski definition) is 4. The number of thiazole rings is 1. The number of carboxylic acids is 1. The molecule has 5 nitrogen and oxygen atoms in total. The summed E-state index contributed by atoms with van der Waals surface area (Å²) < 4.78 is 7.19. The second-order valence-electron chi connectivity index (χ2n) is 3.95. The molecular formula is C12H10N2O3S. The number of rotatable bonds is 3. The van der Waals surface area contributed by atoms with Gasteiger partial charge in [0.2, 0.25) is 0 Å². The van der Waals surface area contributed by atoms with Crippen molar-refractivity contribution in [3.05, 3.63) is 35.2 Å². The van der Waals surface area contributed by atoms with E-state index in [4.69, 9.17) is 9.52 Å². The van der Waals surface area contributed by atoms with Gasteiger partial charge in [-0.15, -0.1) is 11.3 Å². The molecule has 0 aliphatic carbocycles. The molecule has 0 spiro atoms. The highest BCUT2D eigenvalue weighted by Crippen LogP contribution is 2.28. The number of aromatic nitrogens is 2. The lowest BCUT2D eigenvalue weighted by molar-refractivity contribution is -0.136. The van der Waals surface area contributed by atoms with Crippen molar-refractivity contribution in [2.45, 2.75) is 13.3 Å². The predicted molar refractivity (Wildman–Crippen MR) is 66.8 cm³/mol. The number of imidazole rings is 1. The summed E-state index contributed by atoms with van der Waals surface area (Å²) in [6, 6.07) is 3.55. The molecule has 3 aromatic heterocycles. The zero-order chi connectivity index (χ0) is 12.7. The van der Waals surface area contributed by atoms with Crippen molar-refractivity contribution in [3.8, 4) is 11.5 Å². The van der Waals surface area contributed by atoms with Crippen molar-refractivity contribution < 1.29 is 14.3 Å². The summed E-state index contributed by atoms with van der Waals surface area (Å²) in [4.78, 5) is 16.2. The molecule has 92 valence electrons. The summed E-state index contributed by atoms with van der Waals surface area (Å²) in [5.74, 6) is -0.281. The normalized spacial score (nSPS) is 11.2. The number of carboxylic acid groups (broad SMARTS) is 1. The van der Waals surface area contributed by atoms with Crippen molar-refractivity contribution in [2.75, 3.05) is 0 Å². The van der Waals surface area contributed by atoms with Crippen LogP contribution in [0.15, 0.2) is 28.2 Å². The Kier molecular flexibility index (Phi) is 2.45. The van der Waals surface area contributed by atoms with Crippen LogP contribution in [-0.4, -0.2) is 20.5 Å². The molecule has 0 aliphatic heterocycles. The van der Waals surface area contributed by atoms with Crippen LogP contribution in [0.25, 0.3) is 16.4 Å². The highest BCUT2D eigenvalue weighted by molar-refractivity contribution is 7.15. The van der Waals surface area contributed by atoms with Gasteiger partial charge in [0.1, 0.15) is 5.69 Å². The molecule has 6 heteroatoms. The lowest BCUT2D eigenvalue weighted by Gasteiger charge is -2.00. The molecule has 3 heterocycles. The van der Waals surface area contributed by atoms with Crippen LogP contribution in [0.4, 0.5) is 0 Å². The van der Waals surface area contributed by atoms with Gasteiger partial charge in [-0.05, 0) is 19.1 Å². The van der Waals surface area contributed by atoms with Crippen molar-refractivity contribution in [3.63, 3.8) is 0 Å². The van der Waals surface area contributed by atoms with Gasteiger partial charge in [0.05, 0.1) is 18.4 Å². The molecule has 18 heavy (non-hydrogen) atoms. The summed E-state index contributed by atoms with van der Waals surface area (Å²) in [6.07, 6.45) is 1.48. The molecule has 0 amide bonds. The standard InChI is InChI=1S/C12H10N2O3S/c1-7-6-18-12-13-11(9-3-2-4-17-9)8(14(7)12)5-10(15)16/h2-4,6H,5H2,1H3,(H,15,16). The summed E-state index contributed by atoms with van der Waals surface area (Å²) >= 11 is 1.49. The van der Waals surface area contributed by atoms with Gasteiger partial charge in [-0.3, -0.25) is 9.20 Å². The van der Waals surface area contributed by atoms with Crippen LogP contribution in [-0.2, 0) is 11.2 Å². The number of aliphatic carboxylic acids is 1. The van der Waals surface area contributed by atoms with Gasteiger partial charge in [0.15, 0.2) is 10.7 Å². The second kappa shape index (κ2) is 3.99. The first-order valence-corrected chi connectivity index (χ1v) is 6.26. The average Bonchev–Trinajstić information content (AvgIpc) is 2.97. The second-order valence-corrected chi connectivity index (χ2v) is 4.79. The number of nitrogens with zero attached hydrogens (tertiary/aromatic N) is 2. The van der Waals surface area contributed by atoms with Gasteiger partial charge in [0, 0.05) is 11.1 Å². The Morgan fingerprint density at radius 3 is 3.11 bits per heavy atom. The minimum atomic E-state index is -0.879. The van der Waals surface area contributed by atoms with Crippen LogP contribution in [0.2, 0.25) is 0 Å². The Labute approximate surface area is 106 Å². The van der Waals surface area contributed by atoms with Gasteiger partial charge in [-0.1, -0.05) is 0 Å². The molecule has 1 N–H and O–H groups in total. The average molecular weight is 262 g/mol. The summed E-state index contributed by atoms with van der Waals surface area (Å²) in [5, 5.41) is 11.0. The number of hydrogen-bond donors (Lipinski definition) is 1. The van der Waals surface area contributed by atoms with Crippen LogP contribution >= 0.6 is 11.3 Å². The van der Waals surface area contributed by atoms with E-state index in [0.717, 1.165) is 10.7 Å². The fraction of sp³-hybridized carbons (Fsp3) is 0.167. The van der Waals surface area contributed by atoms with E-state index in [2.05, 4.69) is 4.98 Å². The van der Waals surface area contributed by atoms with E-state index in [-0.39, 0.29) is 6.42 Å². The first-order valence-electron chi connectivity index (χ1n) is 5.38. The first-order chi connectivity index (χ1) is 8.66. The first kappa shape index (κ1) is 11.0. The molecule has 0 aliphatic rings. The van der Waals surface area contributed by atoms with E-state index in [1.807, 2.05) is 16.7 Å². The van der Waals surface area contributed by atoms with Gasteiger partial charge in [-0.2, -0.15) is 0 Å². The van der Waals surface area contributed by atoms with Crippen LogP contribution in [0.3, 0.4) is 0 Å². The quantitative estimate of drug-likeness (QED) is 0.787. The maximum atomic E-state index is 11.0. The third-order valence-corrected chi connectivity index (χ3v) is 3.65. The molecule has 0 aromatic carbocycles. The Hall–Kier alpha value is -2.08. The largest absolute Gasteiger partial charge is 0.481 e. The molecular weight excluding hydrogens is 252 g/mol. The molecule has 3 rings (SSSR count). The molecule has 3 aromatic rings. The topological polar surface area (TPSA) is 67.7 Å². The van der Waals surface area contributed by atoms with Crippen molar-refractivity contribution in [1.82, 2.24) is 9.38 Å². The van der Waals surface area contributed by atoms with Crippen LogP contribution < -0.4 is 0 Å². The van der Waals surface area contributed by atoms with Gasteiger partial charge in [0.25, 0.3) is 0 Å². The van der Waals surface area contributed by atoms with Crippen molar-refractivity contribution >= 4 is 22.3 Å². The van der Waals surface area contributed by atoms with Crippen LogP contribution in [0.5, 0.6) is 0 Å². The minimum absolute atomic E-state index is 0.0746. The van der Waals surface area contributed by atoms with Crippen molar-refractivity contribution in [2.24, 2.45) is 0 Å². The molecule has 0 atom stereocenters. The van der Waals surface area contributed by atoms with Gasteiger partial charge >= 0.3 is 5.97 Å². The third kappa shape index (κ3) is 1.62. The molecule has 0 bridgehead atoms. The predicted octanol–water partition coefficient (Wildman–Crippen LogP) is 2.59. The summed E-state index contributed by atoms with van der Waals surface area (Å²) in [5.41, 5.74) is 2.25. The van der Waals surface area contributed by atoms with E-state index >= 15 is 0 Å². The van der Waals surface area contributed by atoms with E-state index < -0.39 is 5.97 Å². The molecule has 0 saturated heterocycles. The fourth-order valence-electron chi connectivity index (χ4n) is 1.98. The molecule has 0 saturated carbocycles. The van der Waals surface area contributed by atoms with Gasteiger partial charge in [-0.25, -0.2) is 4.98 Å². The maximum absolute atomic E-state index is 11.0. The SMILES string of the molecule is Cc1csc2nc(-c3ccco3)c(CC(=O)O)n12. The fourth-order valence-corrected chi connectivity index (χ4v) is 2.87. The van der Waals surface area contributed by atoms with Crippen LogP contribution in [0.1, 0.15) is 11.4 Å². The highest BCUT2D eigenvalue weighted by Gasteiger charge is 2.20. The lowest BCUT2D eigenvalue weighted by atomic mass is 10.2. The van der Waals surface area contributed by atoms with Crippen molar-refractivity contribution in [1.29, 1.82) is 0 Å². The minimum Gasteiger partial charge on any atom is -0.481 e. The lowest BCUT2D eigenvalue weighted by Crippen LogP contribution is -2.05. The van der Waals surface area contributed by atoms with Gasteiger partial charge < -0.3 is 9.52 Å². The summed E-state index contributed by atoms with van der Waals surface area (Å²) in [6.45, 7) is 1.93. The molecule has 0 radical (unpaired) electrons. The highest BCUT2D eigenvalue weighted by atomic mass is 32.1. The molecule has 0 unspecified atom stereocenters. The maximum Gasteiger partial charge on any atom is 0.309 e. The Balaban J connectivity index is 2.27. The zero-order valence-electron chi connectivity index (χ0n) is 9.58. The molecule has 0 fully saturated rings. The van der Waals surface area contributed by atoms with E-state index in [0.29, 0.717) is 17.1 Å². The smallest absolute Gasteiger partial charge is 0.309 e. The Morgan fingerprint density at radius 1 is 1.61 bits per heavy atom. The van der Waals surface area contributed by atoms with E-state index in [9.17, 15) is 4.79 Å². The number of fused-ring (bicyclic) bond motifs is 1. The Morgan fingerprint density at radius 2 is 2.44 bits per heavy atom. The zero-order valence-corrected chi connectivity index (χ0v) is 10.4. The number of carbonyl (C=O) groups is 1. The van der Waals surface area contributed by atoms with Crippen LogP contribution in [0, 0.1) is 6.92 Å². The van der Waals surface area contributed by atoms with E-state index in [1.54, 1.807) is 18.4 Å². The van der Waals surface area contributed by atoms with E-state index in [1.165, 1.54) is 11.3 Å². The third-order valence-electron chi connectivity index (χ3n) is 2.70. The number of aryl methyl sites for hydroxylation is 1. The summed E-state index contributed by atoms with van der Waals surface area (Å²) in [7, 11) is 0. The number of furan rings is 1.